The molecule has 0 N–H and O–H groups in total. The van der Waals surface area contributed by atoms with Crippen LogP contribution in [0.3, 0.4) is 0 Å². The van der Waals surface area contributed by atoms with Gasteiger partial charge in [0, 0.05) is 6.08 Å². The van der Waals surface area contributed by atoms with Gasteiger partial charge in [-0.3, -0.25) is 9.59 Å². The number of thioether (sulfide) groups is 1. The van der Waals surface area contributed by atoms with E-state index in [0.717, 1.165) is 0 Å². The van der Waals surface area contributed by atoms with Crippen LogP contribution in [0.15, 0.2) is 23.1 Å². The first-order valence-electron chi connectivity index (χ1n) is 5.23. The molecule has 94 valence electrons. The molecule has 1 aliphatic rings. The number of allylic oxidation sites excluding steroid dienone is 2. The molecule has 18 heavy (non-hydrogen) atoms. The zero-order chi connectivity index (χ0) is 13.3. The normalized spacial score (nSPS) is 14.1. The zero-order valence-corrected chi connectivity index (χ0v) is 11.1. The van der Waals surface area contributed by atoms with Crippen LogP contribution in [0.4, 0.5) is 0 Å². The number of ketones is 2. The van der Waals surface area contributed by atoms with Crippen LogP contribution < -0.4 is 9.47 Å². The Bertz CT molecular complexity index is 560. The third kappa shape index (κ3) is 1.80. The third-order valence-corrected chi connectivity index (χ3v) is 3.49. The third-order valence-electron chi connectivity index (χ3n) is 2.75. The van der Waals surface area contributed by atoms with Crippen molar-refractivity contribution in [2.24, 2.45) is 0 Å². The van der Waals surface area contributed by atoms with E-state index in [1.807, 2.05) is 0 Å². The summed E-state index contributed by atoms with van der Waals surface area (Å²) in [5.41, 5.74) is 0.563. The smallest absolute Gasteiger partial charge is 0.204 e. The number of rotatable bonds is 3. The van der Waals surface area contributed by atoms with E-state index in [9.17, 15) is 9.59 Å². The van der Waals surface area contributed by atoms with Gasteiger partial charge in [-0.25, -0.2) is 0 Å². The number of ether oxygens (including phenoxy) is 2. The van der Waals surface area contributed by atoms with E-state index in [4.69, 9.17) is 9.47 Å². The molecule has 0 fully saturated rings. The molecule has 0 saturated carbocycles. The lowest BCUT2D eigenvalue weighted by atomic mass is 9.93. The minimum absolute atomic E-state index is 0.201. The first-order chi connectivity index (χ1) is 8.63. The molecule has 5 heteroatoms. The molecule has 2 rings (SSSR count). The molecule has 4 nitrogen and oxygen atoms in total. The second kappa shape index (κ2) is 4.86. The topological polar surface area (TPSA) is 52.6 Å². The molecular formula is C13H12O4S. The lowest BCUT2D eigenvalue weighted by molar-refractivity contribution is 0.0986. The maximum atomic E-state index is 12.3. The van der Waals surface area contributed by atoms with Gasteiger partial charge in [-0.2, -0.15) is 0 Å². The van der Waals surface area contributed by atoms with Gasteiger partial charge in [0.05, 0.1) is 30.3 Å². The summed E-state index contributed by atoms with van der Waals surface area (Å²) in [6.07, 6.45) is 3.10. The van der Waals surface area contributed by atoms with Gasteiger partial charge < -0.3 is 9.47 Å². The summed E-state index contributed by atoms with van der Waals surface area (Å²) in [6.45, 7) is 0. The van der Waals surface area contributed by atoms with Crippen LogP contribution in [0.25, 0.3) is 0 Å². The number of benzene rings is 1. The Labute approximate surface area is 109 Å². The van der Waals surface area contributed by atoms with E-state index < -0.39 is 0 Å². The molecule has 1 aromatic carbocycles. The molecule has 1 aromatic rings. The number of carbonyl (C=O) groups is 2. The van der Waals surface area contributed by atoms with Crippen molar-refractivity contribution in [2.45, 2.75) is 0 Å². The predicted octanol–water partition coefficient (Wildman–Crippen LogP) is 2.33. The fourth-order valence-corrected chi connectivity index (χ4v) is 2.42. The number of hydrogen-bond acceptors (Lipinski definition) is 5. The minimum atomic E-state index is -0.232. The summed E-state index contributed by atoms with van der Waals surface area (Å²) in [5, 5.41) is 0. The molecule has 0 spiro atoms. The minimum Gasteiger partial charge on any atom is -0.496 e. The van der Waals surface area contributed by atoms with Crippen LogP contribution in [0, 0.1) is 0 Å². The van der Waals surface area contributed by atoms with E-state index in [2.05, 4.69) is 0 Å². The Balaban J connectivity index is 2.74. The number of hydrogen-bond donors (Lipinski definition) is 0. The summed E-state index contributed by atoms with van der Waals surface area (Å²) >= 11 is 1.25. The molecule has 1 aliphatic carbocycles. The number of carbonyl (C=O) groups excluding carboxylic acids is 2. The van der Waals surface area contributed by atoms with E-state index in [-0.39, 0.29) is 22.7 Å². The molecule has 0 heterocycles. The van der Waals surface area contributed by atoms with Crippen molar-refractivity contribution >= 4 is 23.3 Å². The van der Waals surface area contributed by atoms with Crippen molar-refractivity contribution < 1.29 is 19.1 Å². The summed E-state index contributed by atoms with van der Waals surface area (Å²) in [5.74, 6) is 0.349. The van der Waals surface area contributed by atoms with Crippen LogP contribution in [-0.2, 0) is 0 Å². The average Bonchev–Trinajstić information content (AvgIpc) is 2.41. The first-order valence-corrected chi connectivity index (χ1v) is 6.46. The molecule has 0 bridgehead atoms. The molecule has 0 saturated heterocycles. The van der Waals surface area contributed by atoms with E-state index in [1.54, 1.807) is 18.4 Å². The number of fused-ring (bicyclic) bond motifs is 1. The van der Waals surface area contributed by atoms with Crippen LogP contribution in [0.2, 0.25) is 0 Å². The van der Waals surface area contributed by atoms with Gasteiger partial charge in [-0.15, -0.1) is 11.8 Å². The fourth-order valence-electron chi connectivity index (χ4n) is 1.91. The molecule has 0 unspecified atom stereocenters. The van der Waals surface area contributed by atoms with Crippen molar-refractivity contribution in [3.63, 3.8) is 0 Å². The van der Waals surface area contributed by atoms with Gasteiger partial charge in [-0.05, 0) is 18.4 Å². The highest BCUT2D eigenvalue weighted by Gasteiger charge is 2.31. The van der Waals surface area contributed by atoms with Gasteiger partial charge in [0.1, 0.15) is 11.5 Å². The van der Waals surface area contributed by atoms with E-state index in [1.165, 1.54) is 32.1 Å². The largest absolute Gasteiger partial charge is 0.496 e. The summed E-state index contributed by atoms with van der Waals surface area (Å²) < 4.78 is 10.3. The second-order valence-corrected chi connectivity index (χ2v) is 4.47. The summed E-state index contributed by atoms with van der Waals surface area (Å²) in [4.78, 5) is 24.8. The molecule has 0 aromatic heterocycles. The molecular weight excluding hydrogens is 252 g/mol. The standard InChI is InChI=1S/C13H12O4S/c1-16-8-4-5-9(17-2)12-11(8)7(14)6-10(18-3)13(12)15/h4-6H,1-3H3. The molecule has 0 aliphatic heterocycles. The van der Waals surface area contributed by atoms with Crippen LogP contribution in [0.1, 0.15) is 20.7 Å². The van der Waals surface area contributed by atoms with Crippen molar-refractivity contribution in [1.29, 1.82) is 0 Å². The zero-order valence-electron chi connectivity index (χ0n) is 10.3. The van der Waals surface area contributed by atoms with Crippen molar-refractivity contribution in [3.05, 3.63) is 34.2 Å². The highest BCUT2D eigenvalue weighted by atomic mass is 32.2. The van der Waals surface area contributed by atoms with E-state index in [0.29, 0.717) is 16.4 Å². The highest BCUT2D eigenvalue weighted by molar-refractivity contribution is 8.03. The van der Waals surface area contributed by atoms with Gasteiger partial charge in [0.15, 0.2) is 5.78 Å². The van der Waals surface area contributed by atoms with Gasteiger partial charge in [0.2, 0.25) is 5.78 Å². The SMILES string of the molecule is COc1ccc(OC)c2c1C(=O)C=C(SC)C2=O. The Morgan fingerprint density at radius 1 is 1.00 bits per heavy atom. The molecule has 0 radical (unpaired) electrons. The fraction of sp³-hybridized carbons (Fsp3) is 0.231. The molecule has 0 atom stereocenters. The van der Waals surface area contributed by atoms with Crippen molar-refractivity contribution in [1.82, 2.24) is 0 Å². The highest BCUT2D eigenvalue weighted by Crippen LogP contribution is 2.37. The maximum Gasteiger partial charge on any atom is 0.204 e. The average molecular weight is 264 g/mol. The number of Topliss-reactive ketones (excluding diaryl/α,β-unsaturated/α-hetero) is 1. The Morgan fingerprint density at radius 2 is 1.56 bits per heavy atom. The van der Waals surface area contributed by atoms with Gasteiger partial charge >= 0.3 is 0 Å². The Morgan fingerprint density at radius 3 is 2.06 bits per heavy atom. The van der Waals surface area contributed by atoms with Crippen molar-refractivity contribution in [3.8, 4) is 11.5 Å². The number of methoxy groups -OCH3 is 2. The van der Waals surface area contributed by atoms with Gasteiger partial charge in [0.25, 0.3) is 0 Å². The van der Waals surface area contributed by atoms with Crippen LogP contribution in [0.5, 0.6) is 11.5 Å². The first kappa shape index (κ1) is 12.7. The van der Waals surface area contributed by atoms with Crippen LogP contribution >= 0.6 is 11.8 Å². The predicted molar refractivity (Wildman–Crippen MR) is 69.8 cm³/mol. The quantitative estimate of drug-likeness (QED) is 0.838. The van der Waals surface area contributed by atoms with Gasteiger partial charge in [-0.1, -0.05) is 0 Å². The van der Waals surface area contributed by atoms with Crippen molar-refractivity contribution in [2.75, 3.05) is 20.5 Å². The monoisotopic (exact) mass is 264 g/mol. The summed E-state index contributed by atoms with van der Waals surface area (Å²) in [7, 11) is 2.94. The maximum absolute atomic E-state index is 12.3. The van der Waals surface area contributed by atoms with E-state index >= 15 is 0 Å². The summed E-state index contributed by atoms with van der Waals surface area (Å²) in [6, 6.07) is 3.26. The van der Waals surface area contributed by atoms with Crippen LogP contribution in [-0.4, -0.2) is 32.0 Å². The second-order valence-electron chi connectivity index (χ2n) is 3.63. The lowest BCUT2D eigenvalue weighted by Gasteiger charge is -2.18. The Kier molecular flexibility index (Phi) is 3.43. The molecule has 0 amide bonds. The lowest BCUT2D eigenvalue weighted by Crippen LogP contribution is -2.17. The Hall–Kier alpha value is -1.75.